The number of nitrogens with two attached hydrogens (primary N) is 1. The Morgan fingerprint density at radius 1 is 1.10 bits per heavy atom. The maximum Gasteiger partial charge on any atom is 0.175 e. The first-order valence-corrected chi connectivity index (χ1v) is 7.70. The molecule has 6 heteroatoms. The molecule has 2 aromatic carbocycles. The molecule has 0 radical (unpaired) electrons. The Labute approximate surface area is 116 Å². The molecule has 0 heterocycles. The number of hydrogen-bond acceptors (Lipinski definition) is 4. The van der Waals surface area contributed by atoms with E-state index in [1.165, 1.54) is 36.4 Å². The van der Waals surface area contributed by atoms with Crippen LogP contribution < -0.4 is 10.5 Å². The van der Waals surface area contributed by atoms with Crippen LogP contribution in [0.5, 0.6) is 11.5 Å². The van der Waals surface area contributed by atoms with Crippen molar-refractivity contribution in [3.05, 3.63) is 47.8 Å². The number of aryl methyl sites for hydroxylation is 1. The van der Waals surface area contributed by atoms with Crippen molar-refractivity contribution in [2.75, 3.05) is 12.0 Å². The summed E-state index contributed by atoms with van der Waals surface area (Å²) in [4.78, 5) is 0.123. The van der Waals surface area contributed by atoms with Crippen molar-refractivity contribution < 1.29 is 17.5 Å². The van der Waals surface area contributed by atoms with Gasteiger partial charge in [-0.25, -0.2) is 12.8 Å². The molecule has 20 heavy (non-hydrogen) atoms. The molecule has 0 amide bonds. The molecule has 0 bridgehead atoms. The molecule has 0 fully saturated rings. The highest BCUT2D eigenvalue weighted by Gasteiger charge is 2.11. The summed E-state index contributed by atoms with van der Waals surface area (Å²) in [6, 6.07) is 8.35. The molecular weight excluding hydrogens is 281 g/mol. The highest BCUT2D eigenvalue weighted by Crippen LogP contribution is 2.31. The van der Waals surface area contributed by atoms with Gasteiger partial charge >= 0.3 is 0 Å². The third-order valence-electron chi connectivity index (χ3n) is 2.77. The normalized spacial score (nSPS) is 11.3. The number of sulfone groups is 1. The summed E-state index contributed by atoms with van der Waals surface area (Å²) in [5.74, 6) is 0.438. The first-order valence-electron chi connectivity index (χ1n) is 5.81. The van der Waals surface area contributed by atoms with Gasteiger partial charge in [0.2, 0.25) is 0 Å². The van der Waals surface area contributed by atoms with Gasteiger partial charge in [-0.1, -0.05) is 0 Å². The van der Waals surface area contributed by atoms with Gasteiger partial charge in [0.15, 0.2) is 9.84 Å². The molecule has 0 aromatic heterocycles. The Kier molecular flexibility index (Phi) is 3.67. The zero-order chi connectivity index (χ0) is 14.9. The Balaban J connectivity index is 2.35. The summed E-state index contributed by atoms with van der Waals surface area (Å²) in [7, 11) is -3.31. The minimum atomic E-state index is -3.31. The van der Waals surface area contributed by atoms with Crippen LogP contribution >= 0.6 is 0 Å². The minimum absolute atomic E-state index is 0.123. The van der Waals surface area contributed by atoms with Crippen molar-refractivity contribution in [1.29, 1.82) is 0 Å². The maximum atomic E-state index is 13.0. The highest BCUT2D eigenvalue weighted by molar-refractivity contribution is 7.90. The highest BCUT2D eigenvalue weighted by atomic mass is 32.2. The maximum absolute atomic E-state index is 13.0. The molecule has 2 rings (SSSR count). The largest absolute Gasteiger partial charge is 0.455 e. The first kappa shape index (κ1) is 14.3. The minimum Gasteiger partial charge on any atom is -0.455 e. The fourth-order valence-corrected chi connectivity index (χ4v) is 2.35. The Hall–Kier alpha value is -2.08. The van der Waals surface area contributed by atoms with Crippen molar-refractivity contribution in [3.63, 3.8) is 0 Å². The molecule has 0 aliphatic carbocycles. The van der Waals surface area contributed by atoms with Crippen molar-refractivity contribution in [1.82, 2.24) is 0 Å². The Bertz CT molecular complexity index is 757. The van der Waals surface area contributed by atoms with E-state index in [2.05, 4.69) is 0 Å². The molecule has 0 aliphatic rings. The molecule has 106 valence electrons. The van der Waals surface area contributed by atoms with Gasteiger partial charge in [0, 0.05) is 6.26 Å². The second kappa shape index (κ2) is 5.13. The van der Waals surface area contributed by atoms with E-state index >= 15 is 0 Å². The fourth-order valence-electron chi connectivity index (χ4n) is 1.70. The van der Waals surface area contributed by atoms with E-state index in [9.17, 15) is 12.8 Å². The van der Waals surface area contributed by atoms with Crippen LogP contribution in [0.1, 0.15) is 5.56 Å². The lowest BCUT2D eigenvalue weighted by Gasteiger charge is -2.11. The monoisotopic (exact) mass is 295 g/mol. The molecule has 2 aromatic rings. The van der Waals surface area contributed by atoms with E-state index in [0.29, 0.717) is 17.1 Å². The second-order valence-electron chi connectivity index (χ2n) is 4.48. The topological polar surface area (TPSA) is 69.4 Å². The summed E-state index contributed by atoms with van der Waals surface area (Å²) in [5.41, 5.74) is 6.61. The smallest absolute Gasteiger partial charge is 0.175 e. The second-order valence-corrected chi connectivity index (χ2v) is 6.50. The molecule has 0 atom stereocenters. The van der Waals surface area contributed by atoms with Gasteiger partial charge in [0.25, 0.3) is 0 Å². The number of anilines is 1. The van der Waals surface area contributed by atoms with Crippen LogP contribution in [0, 0.1) is 12.7 Å². The van der Waals surface area contributed by atoms with Crippen molar-refractivity contribution in [3.8, 4) is 11.5 Å². The van der Waals surface area contributed by atoms with Crippen molar-refractivity contribution in [2.24, 2.45) is 0 Å². The number of rotatable bonds is 3. The molecule has 0 aliphatic heterocycles. The summed E-state index contributed by atoms with van der Waals surface area (Å²) >= 11 is 0. The molecule has 4 nitrogen and oxygen atoms in total. The number of hydrogen-bond donors (Lipinski definition) is 1. The quantitative estimate of drug-likeness (QED) is 0.884. The van der Waals surface area contributed by atoms with E-state index in [1.54, 1.807) is 6.92 Å². The molecule has 0 saturated heterocycles. The van der Waals surface area contributed by atoms with Gasteiger partial charge in [0.05, 0.1) is 10.6 Å². The molecule has 0 unspecified atom stereocenters. The van der Waals surface area contributed by atoms with Crippen LogP contribution in [0.25, 0.3) is 0 Å². The van der Waals surface area contributed by atoms with E-state index < -0.39 is 9.84 Å². The zero-order valence-corrected chi connectivity index (χ0v) is 11.9. The number of halogens is 1. The first-order chi connectivity index (χ1) is 9.27. The summed E-state index contributed by atoms with van der Waals surface area (Å²) in [5, 5.41) is 0. The zero-order valence-electron chi connectivity index (χ0n) is 11.1. The summed E-state index contributed by atoms with van der Waals surface area (Å²) < 4.78 is 41.4. The van der Waals surface area contributed by atoms with Crippen LogP contribution in [-0.2, 0) is 9.84 Å². The van der Waals surface area contributed by atoms with Gasteiger partial charge in [-0.3, -0.25) is 0 Å². The van der Waals surface area contributed by atoms with Gasteiger partial charge in [0.1, 0.15) is 17.3 Å². The molecule has 0 spiro atoms. The van der Waals surface area contributed by atoms with E-state index in [0.717, 1.165) is 6.26 Å². The summed E-state index contributed by atoms with van der Waals surface area (Å²) in [6.45, 7) is 1.71. The average Bonchev–Trinajstić information content (AvgIpc) is 2.33. The van der Waals surface area contributed by atoms with Crippen molar-refractivity contribution >= 4 is 15.5 Å². The molecule has 2 N–H and O–H groups in total. The van der Waals surface area contributed by atoms with E-state index in [1.807, 2.05) is 0 Å². The predicted molar refractivity (Wildman–Crippen MR) is 75.2 cm³/mol. The van der Waals surface area contributed by atoms with Gasteiger partial charge in [-0.2, -0.15) is 0 Å². The Morgan fingerprint density at radius 3 is 2.30 bits per heavy atom. The molecular formula is C14H14FNO3S. The standard InChI is InChI=1S/C14H14FNO3S/c1-9-7-10(15)3-5-13(9)19-14-6-4-11(8-12(14)16)20(2,17)18/h3-8H,16H2,1-2H3. The Morgan fingerprint density at radius 2 is 1.75 bits per heavy atom. The van der Waals surface area contributed by atoms with Crippen molar-refractivity contribution in [2.45, 2.75) is 11.8 Å². The third kappa shape index (κ3) is 3.08. The lowest BCUT2D eigenvalue weighted by atomic mass is 10.2. The predicted octanol–water partition coefficient (Wildman–Crippen LogP) is 2.91. The van der Waals surface area contributed by atoms with E-state index in [-0.39, 0.29) is 16.4 Å². The van der Waals surface area contributed by atoms with E-state index in [4.69, 9.17) is 10.5 Å². The SMILES string of the molecule is Cc1cc(F)ccc1Oc1ccc(S(C)(=O)=O)cc1N. The lowest BCUT2D eigenvalue weighted by molar-refractivity contribution is 0.478. The van der Waals surface area contributed by atoms with Crippen LogP contribution in [0.15, 0.2) is 41.3 Å². The molecule has 0 saturated carbocycles. The van der Waals surface area contributed by atoms with Crippen LogP contribution in [0.3, 0.4) is 0 Å². The lowest BCUT2D eigenvalue weighted by Crippen LogP contribution is -2.00. The summed E-state index contributed by atoms with van der Waals surface area (Å²) in [6.07, 6.45) is 1.10. The van der Waals surface area contributed by atoms with Gasteiger partial charge in [-0.15, -0.1) is 0 Å². The number of ether oxygens (including phenoxy) is 1. The number of nitrogen functional groups attached to an aromatic ring is 1. The average molecular weight is 295 g/mol. The third-order valence-corrected chi connectivity index (χ3v) is 3.88. The van der Waals surface area contributed by atoms with Crippen LogP contribution in [-0.4, -0.2) is 14.7 Å². The number of benzene rings is 2. The van der Waals surface area contributed by atoms with Crippen LogP contribution in [0.4, 0.5) is 10.1 Å². The van der Waals surface area contributed by atoms with Gasteiger partial charge < -0.3 is 10.5 Å². The fraction of sp³-hybridized carbons (Fsp3) is 0.143. The van der Waals surface area contributed by atoms with Crippen LogP contribution in [0.2, 0.25) is 0 Å². The van der Waals surface area contributed by atoms with Gasteiger partial charge in [-0.05, 0) is 48.9 Å².